The SMILES string of the molecule is COC(=O)N1C2C=CC1C(S(=O)(=O)c1ccccc1)=C2c1ccc(F)nc1. The van der Waals surface area contributed by atoms with Crippen LogP contribution in [0.2, 0.25) is 0 Å². The first-order valence-corrected chi connectivity index (χ1v) is 9.64. The molecule has 1 aromatic heterocycles. The quantitative estimate of drug-likeness (QED) is 0.599. The van der Waals surface area contributed by atoms with Crippen LogP contribution < -0.4 is 0 Å². The van der Waals surface area contributed by atoms with Crippen molar-refractivity contribution in [1.29, 1.82) is 0 Å². The molecule has 0 N–H and O–H groups in total. The van der Waals surface area contributed by atoms with Gasteiger partial charge < -0.3 is 4.74 Å². The molecule has 2 aromatic rings. The van der Waals surface area contributed by atoms with E-state index in [1.165, 1.54) is 36.4 Å². The number of benzene rings is 1. The molecule has 6 nitrogen and oxygen atoms in total. The number of hydrogen-bond acceptors (Lipinski definition) is 5. The van der Waals surface area contributed by atoms with E-state index in [9.17, 15) is 17.6 Å². The highest BCUT2D eigenvalue weighted by atomic mass is 32.2. The molecule has 8 heteroatoms. The summed E-state index contributed by atoms with van der Waals surface area (Å²) in [4.78, 5) is 17.5. The summed E-state index contributed by atoms with van der Waals surface area (Å²) in [5, 5.41) is 0. The van der Waals surface area contributed by atoms with Gasteiger partial charge in [-0.05, 0) is 29.8 Å². The lowest BCUT2D eigenvalue weighted by atomic mass is 9.98. The van der Waals surface area contributed by atoms with Crippen molar-refractivity contribution in [2.75, 3.05) is 7.11 Å². The van der Waals surface area contributed by atoms with Crippen molar-refractivity contribution in [3.05, 3.63) is 77.2 Å². The zero-order chi connectivity index (χ0) is 19.2. The largest absolute Gasteiger partial charge is 0.453 e. The highest BCUT2D eigenvalue weighted by Gasteiger charge is 2.50. The smallest absolute Gasteiger partial charge is 0.411 e. The van der Waals surface area contributed by atoms with Crippen LogP contribution in [-0.2, 0) is 14.6 Å². The van der Waals surface area contributed by atoms with Gasteiger partial charge in [-0.1, -0.05) is 30.4 Å². The summed E-state index contributed by atoms with van der Waals surface area (Å²) < 4.78 is 44.8. The molecule has 1 aromatic carbocycles. The predicted molar refractivity (Wildman–Crippen MR) is 95.7 cm³/mol. The number of methoxy groups -OCH3 is 1. The van der Waals surface area contributed by atoms with Gasteiger partial charge in [0, 0.05) is 11.8 Å². The molecule has 2 aliphatic heterocycles. The fourth-order valence-corrected chi connectivity index (χ4v) is 5.34. The second kappa shape index (κ2) is 6.31. The number of carbonyl (C=O) groups is 1. The molecule has 2 unspecified atom stereocenters. The van der Waals surface area contributed by atoms with Crippen molar-refractivity contribution in [3.63, 3.8) is 0 Å². The first-order chi connectivity index (χ1) is 12.9. The zero-order valence-electron chi connectivity index (χ0n) is 14.2. The number of ether oxygens (including phenoxy) is 1. The van der Waals surface area contributed by atoms with Gasteiger partial charge in [-0.25, -0.2) is 18.2 Å². The normalized spacial score (nSPS) is 21.0. The van der Waals surface area contributed by atoms with Crippen molar-refractivity contribution in [3.8, 4) is 0 Å². The van der Waals surface area contributed by atoms with E-state index in [1.54, 1.807) is 30.4 Å². The fourth-order valence-electron chi connectivity index (χ4n) is 3.53. The molecule has 27 heavy (non-hydrogen) atoms. The molecule has 0 radical (unpaired) electrons. The third-order valence-corrected chi connectivity index (χ3v) is 6.60. The molecular weight excluding hydrogens is 371 g/mol. The lowest BCUT2D eigenvalue weighted by Gasteiger charge is -2.22. The maximum absolute atomic E-state index is 13.4. The molecule has 0 saturated carbocycles. The molecular formula is C19H15FN2O4S. The standard InChI is InChI=1S/C19H15FN2O4S/c1-26-19(23)22-14-8-9-15(22)18(17(14)12-7-10-16(20)21-11-12)27(24,25)13-5-3-2-4-6-13/h2-11,14-15H,1H3. The number of pyridine rings is 1. The molecule has 2 atom stereocenters. The van der Waals surface area contributed by atoms with Crippen LogP contribution in [-0.4, -0.2) is 43.6 Å². The van der Waals surface area contributed by atoms with Crippen molar-refractivity contribution in [1.82, 2.24) is 9.88 Å². The molecule has 2 aliphatic rings. The second-order valence-electron chi connectivity index (χ2n) is 6.12. The third-order valence-electron chi connectivity index (χ3n) is 4.67. The van der Waals surface area contributed by atoms with Gasteiger partial charge in [-0.2, -0.15) is 4.39 Å². The average molecular weight is 386 g/mol. The molecule has 0 aliphatic carbocycles. The Morgan fingerprint density at radius 3 is 2.44 bits per heavy atom. The van der Waals surface area contributed by atoms with Crippen molar-refractivity contribution in [2.24, 2.45) is 0 Å². The van der Waals surface area contributed by atoms with Gasteiger partial charge in [-0.3, -0.25) is 4.90 Å². The molecule has 138 valence electrons. The number of carbonyl (C=O) groups excluding carboxylic acids is 1. The van der Waals surface area contributed by atoms with Crippen LogP contribution in [0.15, 0.2) is 70.6 Å². The van der Waals surface area contributed by atoms with Crippen molar-refractivity contribution >= 4 is 21.5 Å². The lowest BCUT2D eigenvalue weighted by molar-refractivity contribution is 0.124. The van der Waals surface area contributed by atoms with Crippen molar-refractivity contribution in [2.45, 2.75) is 17.0 Å². The minimum atomic E-state index is -3.89. The summed E-state index contributed by atoms with van der Waals surface area (Å²) in [5.41, 5.74) is 0.848. The van der Waals surface area contributed by atoms with E-state index < -0.39 is 34.0 Å². The van der Waals surface area contributed by atoms with E-state index in [4.69, 9.17) is 4.74 Å². The van der Waals surface area contributed by atoms with E-state index in [1.807, 2.05) is 0 Å². The summed E-state index contributed by atoms with van der Waals surface area (Å²) >= 11 is 0. The number of halogens is 1. The number of amides is 1. The van der Waals surface area contributed by atoms with Gasteiger partial charge in [0.25, 0.3) is 0 Å². The fraction of sp³-hybridized carbons (Fsp3) is 0.158. The van der Waals surface area contributed by atoms with Crippen LogP contribution in [0.5, 0.6) is 0 Å². The Labute approximate surface area is 155 Å². The average Bonchev–Trinajstić information content (AvgIpc) is 3.25. The summed E-state index contributed by atoms with van der Waals surface area (Å²) in [6, 6.07) is 9.20. The van der Waals surface area contributed by atoms with Crippen LogP contribution >= 0.6 is 0 Å². The lowest BCUT2D eigenvalue weighted by Crippen LogP contribution is -2.38. The van der Waals surface area contributed by atoms with Gasteiger partial charge >= 0.3 is 6.09 Å². The van der Waals surface area contributed by atoms with E-state index in [2.05, 4.69) is 4.98 Å². The van der Waals surface area contributed by atoms with Crippen LogP contribution in [0.25, 0.3) is 5.57 Å². The van der Waals surface area contributed by atoms with Crippen molar-refractivity contribution < 1.29 is 22.3 Å². The van der Waals surface area contributed by atoms with Gasteiger partial charge in [0.05, 0.1) is 29.0 Å². The van der Waals surface area contributed by atoms with E-state index >= 15 is 0 Å². The Morgan fingerprint density at radius 2 is 1.81 bits per heavy atom. The van der Waals surface area contributed by atoms with Gasteiger partial charge in [-0.15, -0.1) is 0 Å². The van der Waals surface area contributed by atoms with Crippen LogP contribution in [0.1, 0.15) is 5.56 Å². The topological polar surface area (TPSA) is 76.6 Å². The Bertz CT molecular complexity index is 1060. The Balaban J connectivity index is 1.93. The molecule has 0 spiro atoms. The number of aromatic nitrogens is 1. The van der Waals surface area contributed by atoms with Gasteiger partial charge in [0.1, 0.15) is 0 Å². The maximum atomic E-state index is 13.4. The minimum absolute atomic E-state index is 0.0833. The van der Waals surface area contributed by atoms with Crippen LogP contribution in [0.4, 0.5) is 9.18 Å². The highest BCUT2D eigenvalue weighted by Crippen LogP contribution is 2.46. The zero-order valence-corrected chi connectivity index (χ0v) is 15.1. The molecule has 3 heterocycles. The van der Waals surface area contributed by atoms with E-state index in [0.717, 1.165) is 6.07 Å². The molecule has 0 saturated heterocycles. The number of hydrogen-bond donors (Lipinski definition) is 0. The van der Waals surface area contributed by atoms with E-state index in [0.29, 0.717) is 11.1 Å². The number of nitrogens with zero attached hydrogens (tertiary/aromatic N) is 2. The minimum Gasteiger partial charge on any atom is -0.453 e. The van der Waals surface area contributed by atoms with Gasteiger partial charge in [0.15, 0.2) is 0 Å². The Kier molecular flexibility index (Phi) is 4.07. The summed E-state index contributed by atoms with van der Waals surface area (Å²) in [6.07, 6.45) is 4.04. The molecule has 1 amide bonds. The number of fused-ring (bicyclic) bond motifs is 2. The number of sulfone groups is 1. The monoisotopic (exact) mass is 386 g/mol. The predicted octanol–water partition coefficient (Wildman–Crippen LogP) is 2.79. The number of rotatable bonds is 3. The third kappa shape index (κ3) is 2.64. The molecule has 0 fully saturated rings. The maximum Gasteiger partial charge on any atom is 0.411 e. The summed E-state index contributed by atoms with van der Waals surface area (Å²) in [5.74, 6) is -0.671. The van der Waals surface area contributed by atoms with E-state index in [-0.39, 0.29) is 9.80 Å². The second-order valence-corrected chi connectivity index (χ2v) is 8.03. The summed E-state index contributed by atoms with van der Waals surface area (Å²) in [7, 11) is -2.65. The molecule has 2 bridgehead atoms. The first-order valence-electron chi connectivity index (χ1n) is 8.16. The van der Waals surface area contributed by atoms with Gasteiger partial charge in [0.2, 0.25) is 15.8 Å². The molecule has 4 rings (SSSR count). The Hall–Kier alpha value is -3.00. The first kappa shape index (κ1) is 17.4. The summed E-state index contributed by atoms with van der Waals surface area (Å²) in [6.45, 7) is 0. The Morgan fingerprint density at radius 1 is 1.11 bits per heavy atom. The highest BCUT2D eigenvalue weighted by molar-refractivity contribution is 7.95. The van der Waals surface area contributed by atoms with Crippen LogP contribution in [0.3, 0.4) is 0 Å². The van der Waals surface area contributed by atoms with Crippen LogP contribution in [0, 0.1) is 5.95 Å².